The van der Waals surface area contributed by atoms with Crippen LogP contribution in [0.5, 0.6) is 0 Å². The molecule has 0 spiro atoms. The molecular weight excluding hydrogens is 164 g/mol. The highest BCUT2D eigenvalue weighted by molar-refractivity contribution is 6.82. The second kappa shape index (κ2) is 3.72. The van der Waals surface area contributed by atoms with Gasteiger partial charge < -0.3 is 0 Å². The molecule has 0 aliphatic rings. The summed E-state index contributed by atoms with van der Waals surface area (Å²) < 4.78 is 0. The van der Waals surface area contributed by atoms with Gasteiger partial charge in [0.2, 0.25) is 0 Å². The van der Waals surface area contributed by atoms with Crippen LogP contribution in [0.4, 0.5) is 0 Å². The molecule has 0 nitrogen and oxygen atoms in total. The summed E-state index contributed by atoms with van der Waals surface area (Å²) in [5.74, 6) is 0. The van der Waals surface area contributed by atoms with Gasteiger partial charge in [0.05, 0.1) is 16.1 Å². The lowest BCUT2D eigenvalue weighted by Gasteiger charge is -2.13. The molecule has 0 heterocycles. The van der Waals surface area contributed by atoms with Crippen molar-refractivity contribution in [3.63, 3.8) is 0 Å². The topological polar surface area (TPSA) is 0 Å². The Hall–Kier alpha value is 0.174. The third kappa shape index (κ3) is 10.2. The summed E-state index contributed by atoms with van der Waals surface area (Å²) in [6.07, 6.45) is 2.29. The molecule has 1 radical (unpaired) electrons. The highest BCUT2D eigenvalue weighted by Crippen LogP contribution is 2.08. The average molecular weight is 185 g/mol. The zero-order valence-electron chi connectivity index (χ0n) is 8.73. The van der Waals surface area contributed by atoms with Gasteiger partial charge in [0.1, 0.15) is 0 Å². The lowest BCUT2D eigenvalue weighted by molar-refractivity contribution is 1.66. The van der Waals surface area contributed by atoms with Crippen LogP contribution in [0.15, 0.2) is 11.8 Å². The molecule has 0 fully saturated rings. The minimum atomic E-state index is -0.947. The zero-order chi connectivity index (χ0) is 9.12. The summed E-state index contributed by atoms with van der Waals surface area (Å²) >= 11 is 0. The minimum absolute atomic E-state index is 0.947. The Labute approximate surface area is 73.7 Å². The van der Waals surface area contributed by atoms with Crippen molar-refractivity contribution in [2.75, 3.05) is 0 Å². The van der Waals surface area contributed by atoms with E-state index in [9.17, 15) is 0 Å². The van der Waals surface area contributed by atoms with Gasteiger partial charge in [-0.1, -0.05) is 51.1 Å². The van der Waals surface area contributed by atoms with Gasteiger partial charge in [-0.05, 0) is 6.04 Å². The van der Waals surface area contributed by atoms with Crippen LogP contribution in [0.1, 0.15) is 0 Å². The van der Waals surface area contributed by atoms with Gasteiger partial charge in [0, 0.05) is 0 Å². The quantitative estimate of drug-likeness (QED) is 0.590. The second-order valence-electron chi connectivity index (χ2n) is 5.26. The number of rotatable bonds is 3. The first-order chi connectivity index (χ1) is 4.71. The van der Waals surface area contributed by atoms with Gasteiger partial charge in [-0.15, -0.1) is 0 Å². The predicted molar refractivity (Wildman–Crippen MR) is 60.1 cm³/mol. The van der Waals surface area contributed by atoms with E-state index < -0.39 is 16.1 Å². The van der Waals surface area contributed by atoms with E-state index in [4.69, 9.17) is 0 Å². The molecule has 2 heteroatoms. The van der Waals surface area contributed by atoms with E-state index >= 15 is 0 Å². The number of hydrogen-bond acceptors (Lipinski definition) is 0. The summed E-state index contributed by atoms with van der Waals surface area (Å²) in [6, 6.07) is 2.41. The number of allylic oxidation sites excluding steroid dienone is 1. The second-order valence-corrected chi connectivity index (χ2v) is 15.4. The maximum atomic E-state index is 2.41. The van der Waals surface area contributed by atoms with Crippen LogP contribution in [-0.4, -0.2) is 16.1 Å². The normalized spacial score (nSPS) is 14.4. The van der Waals surface area contributed by atoms with Crippen molar-refractivity contribution >= 4 is 16.1 Å². The molecule has 0 aromatic carbocycles. The van der Waals surface area contributed by atoms with E-state index in [0.717, 1.165) is 0 Å². The fourth-order valence-electron chi connectivity index (χ4n) is 0.625. The third-order valence-corrected chi connectivity index (χ3v) is 3.58. The van der Waals surface area contributed by atoms with E-state index in [1.807, 2.05) is 0 Å². The smallest absolute Gasteiger partial charge is 0.0682 e. The van der Waals surface area contributed by atoms with Crippen molar-refractivity contribution in [1.29, 1.82) is 0 Å². The Kier molecular flexibility index (Phi) is 3.78. The highest BCUT2D eigenvalue weighted by Gasteiger charge is 2.12. The summed E-state index contributed by atoms with van der Waals surface area (Å²) in [7, 11) is -1.89. The molecule has 0 aromatic rings. The maximum absolute atomic E-state index is 2.41. The molecule has 0 saturated carbocycles. The molecule has 0 rings (SSSR count). The summed E-state index contributed by atoms with van der Waals surface area (Å²) in [4.78, 5) is 0. The van der Waals surface area contributed by atoms with Crippen LogP contribution in [0, 0.1) is 6.04 Å². The fraction of sp³-hybridized carbons (Fsp3) is 0.667. The first-order valence-corrected chi connectivity index (χ1v) is 11.4. The van der Waals surface area contributed by atoms with Crippen LogP contribution in [0.2, 0.25) is 39.3 Å². The molecule has 0 amide bonds. The molecule has 0 saturated heterocycles. The van der Waals surface area contributed by atoms with Gasteiger partial charge in [-0.3, -0.25) is 0 Å². The van der Waals surface area contributed by atoms with Crippen molar-refractivity contribution in [2.45, 2.75) is 39.3 Å². The monoisotopic (exact) mass is 185 g/mol. The van der Waals surface area contributed by atoms with Crippen LogP contribution < -0.4 is 0 Å². The lowest BCUT2D eigenvalue weighted by Crippen LogP contribution is -2.21. The molecule has 11 heavy (non-hydrogen) atoms. The Balaban J connectivity index is 3.80. The zero-order valence-corrected chi connectivity index (χ0v) is 10.7. The van der Waals surface area contributed by atoms with Crippen LogP contribution in [-0.2, 0) is 0 Å². The van der Waals surface area contributed by atoms with Crippen molar-refractivity contribution in [1.82, 2.24) is 0 Å². The molecule has 0 aliphatic carbocycles. The predicted octanol–water partition coefficient (Wildman–Crippen LogP) is 3.50. The van der Waals surface area contributed by atoms with Crippen molar-refractivity contribution < 1.29 is 0 Å². The van der Waals surface area contributed by atoms with Gasteiger partial charge in [-0.2, -0.15) is 0 Å². The van der Waals surface area contributed by atoms with Crippen molar-refractivity contribution in [3.05, 3.63) is 17.8 Å². The third-order valence-electron chi connectivity index (χ3n) is 1.19. The molecule has 65 valence electrons. The van der Waals surface area contributed by atoms with E-state index in [-0.39, 0.29) is 0 Å². The van der Waals surface area contributed by atoms with Crippen molar-refractivity contribution in [3.8, 4) is 0 Å². The Morgan fingerprint density at radius 3 is 1.45 bits per heavy atom. The van der Waals surface area contributed by atoms with Crippen LogP contribution in [0.25, 0.3) is 0 Å². The maximum Gasteiger partial charge on any atom is 0.0682 e. The minimum Gasteiger partial charge on any atom is -0.0989 e. The highest BCUT2D eigenvalue weighted by atomic mass is 28.3. The molecule has 0 aromatic heterocycles. The molecule has 0 unspecified atom stereocenters. The van der Waals surface area contributed by atoms with Gasteiger partial charge in [0.25, 0.3) is 0 Å². The van der Waals surface area contributed by atoms with Gasteiger partial charge in [0.15, 0.2) is 0 Å². The van der Waals surface area contributed by atoms with Crippen molar-refractivity contribution in [2.24, 2.45) is 0 Å². The van der Waals surface area contributed by atoms with Crippen LogP contribution >= 0.6 is 0 Å². The van der Waals surface area contributed by atoms with E-state index in [1.54, 1.807) is 0 Å². The summed E-state index contributed by atoms with van der Waals surface area (Å²) in [5, 5.41) is 0. The Morgan fingerprint density at radius 2 is 1.18 bits per heavy atom. The van der Waals surface area contributed by atoms with E-state index in [0.29, 0.717) is 0 Å². The number of hydrogen-bond donors (Lipinski definition) is 0. The SMILES string of the molecule is C[Si](C)(C)[CH]/C=C/[Si](C)(C)C. The standard InChI is InChI=1S/C9H21Si2/c1-10(2,3)8-7-9-11(4,5)6/h7-9H,1-6H3/b8-7+. The molecule has 0 atom stereocenters. The first-order valence-electron chi connectivity index (χ1n) is 4.24. The summed E-state index contributed by atoms with van der Waals surface area (Å²) in [5.41, 5.74) is 2.41. The fourth-order valence-corrected chi connectivity index (χ4v) is 2.17. The van der Waals surface area contributed by atoms with Gasteiger partial charge in [-0.25, -0.2) is 0 Å². The van der Waals surface area contributed by atoms with Gasteiger partial charge >= 0.3 is 0 Å². The van der Waals surface area contributed by atoms with Crippen LogP contribution in [0.3, 0.4) is 0 Å². The summed E-state index contributed by atoms with van der Waals surface area (Å²) in [6.45, 7) is 14.2. The average Bonchev–Trinajstić information content (AvgIpc) is 1.55. The molecular formula is C9H21Si2. The first kappa shape index (κ1) is 11.2. The molecule has 0 N–H and O–H groups in total. The van der Waals surface area contributed by atoms with E-state index in [1.165, 1.54) is 0 Å². The van der Waals surface area contributed by atoms with E-state index in [2.05, 4.69) is 57.1 Å². The largest absolute Gasteiger partial charge is 0.0989 e. The molecule has 0 aliphatic heterocycles. The molecule has 0 bridgehead atoms. The lowest BCUT2D eigenvalue weighted by atomic mass is 10.8. The Morgan fingerprint density at radius 1 is 0.727 bits per heavy atom. The Bertz CT molecular complexity index is 135.